The molecule has 98 valence electrons. The highest BCUT2D eigenvalue weighted by Crippen LogP contribution is 2.20. The molecule has 2 aromatic rings. The largest absolute Gasteiger partial charge is 0.444 e. The fraction of sp³-hybridized carbons (Fsp3) is 0.538. The van der Waals surface area contributed by atoms with Gasteiger partial charge in [-0.2, -0.15) is 0 Å². The first kappa shape index (κ1) is 12.8. The molecule has 0 unspecified atom stereocenters. The van der Waals surface area contributed by atoms with Crippen LogP contribution < -0.4 is 5.32 Å². The van der Waals surface area contributed by atoms with E-state index in [1.807, 2.05) is 33.4 Å². The monoisotopic (exact) mass is 248 g/mol. The van der Waals surface area contributed by atoms with Crippen LogP contribution in [0.2, 0.25) is 0 Å². The van der Waals surface area contributed by atoms with E-state index in [1.54, 1.807) is 0 Å². The Balaban J connectivity index is 2.28. The zero-order valence-electron chi connectivity index (χ0n) is 11.6. The number of aryl methyl sites for hydroxylation is 2. The molecule has 0 saturated heterocycles. The lowest BCUT2D eigenvalue weighted by Gasteiger charge is -2.25. The summed E-state index contributed by atoms with van der Waals surface area (Å²) in [4.78, 5) is 8.61. The van der Waals surface area contributed by atoms with Crippen LogP contribution in [0, 0.1) is 13.8 Å². The molecule has 1 N–H and O–H groups in total. The quantitative estimate of drug-likeness (QED) is 0.899. The molecular weight excluding hydrogens is 228 g/mol. The van der Waals surface area contributed by atoms with Gasteiger partial charge in [0.05, 0.1) is 29.5 Å². The number of aromatic nitrogens is 3. The molecule has 2 rings (SSSR count). The van der Waals surface area contributed by atoms with Crippen molar-refractivity contribution in [1.29, 1.82) is 0 Å². The summed E-state index contributed by atoms with van der Waals surface area (Å²) in [7, 11) is 1.94. The Kier molecular flexibility index (Phi) is 3.26. The third kappa shape index (κ3) is 2.31. The molecular formula is C13H20N4O. The van der Waals surface area contributed by atoms with Crippen molar-refractivity contribution in [3.8, 4) is 0 Å². The molecule has 0 amide bonds. The Morgan fingerprint density at radius 3 is 2.67 bits per heavy atom. The number of nitrogens with one attached hydrogen (secondary N) is 1. The lowest BCUT2D eigenvalue weighted by molar-refractivity contribution is 0.397. The van der Waals surface area contributed by atoms with Gasteiger partial charge in [-0.1, -0.05) is 0 Å². The van der Waals surface area contributed by atoms with Crippen molar-refractivity contribution in [1.82, 2.24) is 19.9 Å². The summed E-state index contributed by atoms with van der Waals surface area (Å²) in [6, 6.07) is 0. The molecule has 0 fully saturated rings. The van der Waals surface area contributed by atoms with E-state index in [-0.39, 0.29) is 5.54 Å². The van der Waals surface area contributed by atoms with Crippen LogP contribution in [0.1, 0.15) is 36.9 Å². The standard InChI is InChI=1S/C13H20N4O/c1-9-10(2)18-12(16-9)7-17-8-15-6-11(17)13(3,4)14-5/h6,8,14H,7H2,1-5H3. The van der Waals surface area contributed by atoms with E-state index in [0.717, 1.165) is 23.0 Å². The van der Waals surface area contributed by atoms with Crippen LogP contribution in [0.25, 0.3) is 0 Å². The van der Waals surface area contributed by atoms with E-state index >= 15 is 0 Å². The Morgan fingerprint density at radius 2 is 2.11 bits per heavy atom. The molecule has 0 aliphatic rings. The van der Waals surface area contributed by atoms with Gasteiger partial charge in [0.25, 0.3) is 0 Å². The van der Waals surface area contributed by atoms with E-state index in [0.29, 0.717) is 6.54 Å². The summed E-state index contributed by atoms with van der Waals surface area (Å²) >= 11 is 0. The maximum Gasteiger partial charge on any atom is 0.214 e. The van der Waals surface area contributed by atoms with Crippen LogP contribution in [0.3, 0.4) is 0 Å². The maximum absolute atomic E-state index is 5.61. The van der Waals surface area contributed by atoms with Crippen LogP contribution in [0.4, 0.5) is 0 Å². The van der Waals surface area contributed by atoms with Gasteiger partial charge >= 0.3 is 0 Å². The summed E-state index contributed by atoms with van der Waals surface area (Å²) in [6.07, 6.45) is 3.68. The Bertz CT molecular complexity index is 519. The summed E-state index contributed by atoms with van der Waals surface area (Å²) in [5.74, 6) is 1.59. The van der Waals surface area contributed by atoms with Gasteiger partial charge < -0.3 is 14.3 Å². The van der Waals surface area contributed by atoms with Crippen LogP contribution in [-0.2, 0) is 12.1 Å². The van der Waals surface area contributed by atoms with E-state index < -0.39 is 0 Å². The number of imidazole rings is 1. The van der Waals surface area contributed by atoms with Gasteiger partial charge in [0.15, 0.2) is 0 Å². The highest BCUT2D eigenvalue weighted by molar-refractivity contribution is 5.13. The summed E-state index contributed by atoms with van der Waals surface area (Å²) in [5, 5.41) is 3.27. The second-order valence-corrected chi connectivity index (χ2v) is 5.03. The van der Waals surface area contributed by atoms with Crippen molar-refractivity contribution in [2.45, 2.75) is 39.8 Å². The second kappa shape index (κ2) is 4.57. The van der Waals surface area contributed by atoms with Crippen molar-refractivity contribution in [2.24, 2.45) is 0 Å². The number of hydrogen-bond acceptors (Lipinski definition) is 4. The zero-order chi connectivity index (χ0) is 13.3. The Labute approximate surface area is 107 Å². The van der Waals surface area contributed by atoms with Gasteiger partial charge in [-0.05, 0) is 34.7 Å². The first-order valence-corrected chi connectivity index (χ1v) is 6.06. The normalized spacial score (nSPS) is 12.1. The molecule has 0 saturated carbocycles. The fourth-order valence-corrected chi connectivity index (χ4v) is 1.85. The lowest BCUT2D eigenvalue weighted by atomic mass is 10.0. The van der Waals surface area contributed by atoms with Crippen LogP contribution in [0.15, 0.2) is 16.9 Å². The van der Waals surface area contributed by atoms with Crippen molar-refractivity contribution in [2.75, 3.05) is 7.05 Å². The SMILES string of the molecule is CNC(C)(C)c1cncn1Cc1nc(C)c(C)o1. The summed E-state index contributed by atoms with van der Waals surface area (Å²) in [6.45, 7) is 8.72. The molecule has 18 heavy (non-hydrogen) atoms. The topological polar surface area (TPSA) is 55.9 Å². The molecule has 5 nitrogen and oxygen atoms in total. The fourth-order valence-electron chi connectivity index (χ4n) is 1.85. The minimum Gasteiger partial charge on any atom is -0.444 e. The summed E-state index contributed by atoms with van der Waals surface area (Å²) in [5.41, 5.74) is 1.92. The average Bonchev–Trinajstić information content (AvgIpc) is 2.88. The van der Waals surface area contributed by atoms with Gasteiger partial charge in [-0.15, -0.1) is 0 Å². The highest BCUT2D eigenvalue weighted by Gasteiger charge is 2.22. The maximum atomic E-state index is 5.61. The number of oxazole rings is 1. The molecule has 0 spiro atoms. The van der Waals surface area contributed by atoms with Crippen molar-refractivity contribution < 1.29 is 4.42 Å². The zero-order valence-corrected chi connectivity index (χ0v) is 11.6. The molecule has 0 atom stereocenters. The molecule has 2 aromatic heterocycles. The number of nitrogens with zero attached hydrogens (tertiary/aromatic N) is 3. The first-order chi connectivity index (χ1) is 8.44. The first-order valence-electron chi connectivity index (χ1n) is 6.06. The molecule has 2 heterocycles. The van der Waals surface area contributed by atoms with E-state index in [4.69, 9.17) is 4.42 Å². The number of hydrogen-bond donors (Lipinski definition) is 1. The molecule has 0 aliphatic heterocycles. The highest BCUT2D eigenvalue weighted by atomic mass is 16.4. The molecule has 0 aromatic carbocycles. The molecule has 0 bridgehead atoms. The minimum absolute atomic E-state index is 0.132. The second-order valence-electron chi connectivity index (χ2n) is 5.03. The van der Waals surface area contributed by atoms with Gasteiger partial charge in [0, 0.05) is 0 Å². The third-order valence-corrected chi connectivity index (χ3v) is 3.36. The minimum atomic E-state index is -0.132. The van der Waals surface area contributed by atoms with Crippen LogP contribution in [-0.4, -0.2) is 21.6 Å². The van der Waals surface area contributed by atoms with Crippen molar-refractivity contribution in [3.05, 3.63) is 35.6 Å². The molecule has 0 aliphatic carbocycles. The van der Waals surface area contributed by atoms with Gasteiger partial charge in [-0.25, -0.2) is 9.97 Å². The third-order valence-electron chi connectivity index (χ3n) is 3.36. The van der Waals surface area contributed by atoms with Gasteiger partial charge in [-0.3, -0.25) is 0 Å². The smallest absolute Gasteiger partial charge is 0.214 e. The Hall–Kier alpha value is -1.62. The predicted molar refractivity (Wildman–Crippen MR) is 69.4 cm³/mol. The van der Waals surface area contributed by atoms with Gasteiger partial charge in [0.1, 0.15) is 12.3 Å². The average molecular weight is 248 g/mol. The molecule has 5 heteroatoms. The van der Waals surface area contributed by atoms with Crippen LogP contribution in [0.5, 0.6) is 0 Å². The van der Waals surface area contributed by atoms with Crippen molar-refractivity contribution >= 4 is 0 Å². The number of rotatable bonds is 4. The van der Waals surface area contributed by atoms with Crippen molar-refractivity contribution in [3.63, 3.8) is 0 Å². The van der Waals surface area contributed by atoms with E-state index in [9.17, 15) is 0 Å². The van der Waals surface area contributed by atoms with Gasteiger partial charge in [0.2, 0.25) is 5.89 Å². The lowest BCUT2D eigenvalue weighted by Crippen LogP contribution is -2.35. The summed E-state index contributed by atoms with van der Waals surface area (Å²) < 4.78 is 7.67. The van der Waals surface area contributed by atoms with E-state index in [2.05, 4.69) is 33.7 Å². The Morgan fingerprint density at radius 1 is 1.39 bits per heavy atom. The van der Waals surface area contributed by atoms with E-state index in [1.165, 1.54) is 0 Å². The molecule has 0 radical (unpaired) electrons. The predicted octanol–water partition coefficient (Wildman–Crippen LogP) is 1.99. The van der Waals surface area contributed by atoms with Crippen LogP contribution >= 0.6 is 0 Å².